The number of benzene rings is 1. The fourth-order valence-electron chi connectivity index (χ4n) is 2.87. The van der Waals surface area contributed by atoms with Crippen molar-refractivity contribution in [1.29, 1.82) is 0 Å². The molecule has 2 nitrogen and oxygen atoms in total. The smallest absolute Gasteiger partial charge is 0.123 e. The molecular formula is C15H17FN2. The van der Waals surface area contributed by atoms with E-state index < -0.39 is 0 Å². The number of hydrogen-bond donors (Lipinski definition) is 1. The lowest BCUT2D eigenvalue weighted by molar-refractivity contribution is 0.628. The highest BCUT2D eigenvalue weighted by Crippen LogP contribution is 2.29. The topological polar surface area (TPSA) is 24.9 Å². The number of hydrogen-bond acceptors (Lipinski definition) is 2. The zero-order chi connectivity index (χ0) is 12.5. The fourth-order valence-corrected chi connectivity index (χ4v) is 2.87. The van der Waals surface area contributed by atoms with Crippen molar-refractivity contribution >= 4 is 10.9 Å². The van der Waals surface area contributed by atoms with Crippen molar-refractivity contribution in [2.75, 3.05) is 7.05 Å². The normalized spacial score (nSPS) is 14.8. The van der Waals surface area contributed by atoms with Crippen molar-refractivity contribution in [3.63, 3.8) is 0 Å². The first-order valence-electron chi connectivity index (χ1n) is 6.54. The number of fused-ring (bicyclic) bond motifs is 2. The quantitative estimate of drug-likeness (QED) is 0.878. The molecule has 0 saturated heterocycles. The summed E-state index contributed by atoms with van der Waals surface area (Å²) >= 11 is 0. The molecule has 3 rings (SSSR count). The summed E-state index contributed by atoms with van der Waals surface area (Å²) in [6, 6.07) is 4.90. The Bertz CT molecular complexity index is 593. The van der Waals surface area contributed by atoms with E-state index in [2.05, 4.69) is 5.32 Å². The molecule has 1 aromatic carbocycles. The second-order valence-corrected chi connectivity index (χ2v) is 4.91. The van der Waals surface area contributed by atoms with Gasteiger partial charge in [0.25, 0.3) is 0 Å². The van der Waals surface area contributed by atoms with Crippen LogP contribution >= 0.6 is 0 Å². The van der Waals surface area contributed by atoms with Gasteiger partial charge in [0.2, 0.25) is 0 Å². The first-order valence-corrected chi connectivity index (χ1v) is 6.54. The maximum Gasteiger partial charge on any atom is 0.123 e. The third-order valence-electron chi connectivity index (χ3n) is 3.70. The van der Waals surface area contributed by atoms with E-state index in [1.54, 1.807) is 12.1 Å². The molecule has 1 N–H and O–H groups in total. The van der Waals surface area contributed by atoms with Crippen LogP contribution in [0.4, 0.5) is 4.39 Å². The molecule has 0 atom stereocenters. The van der Waals surface area contributed by atoms with E-state index in [4.69, 9.17) is 4.98 Å². The van der Waals surface area contributed by atoms with Crippen LogP contribution in [-0.2, 0) is 19.4 Å². The van der Waals surface area contributed by atoms with Gasteiger partial charge in [-0.2, -0.15) is 0 Å². The molecule has 0 bridgehead atoms. The van der Waals surface area contributed by atoms with Crippen LogP contribution in [0.15, 0.2) is 18.2 Å². The number of halogens is 1. The molecule has 1 aliphatic carbocycles. The molecule has 2 aromatic rings. The maximum absolute atomic E-state index is 13.4. The van der Waals surface area contributed by atoms with Crippen molar-refractivity contribution in [1.82, 2.24) is 10.3 Å². The zero-order valence-electron chi connectivity index (χ0n) is 10.6. The van der Waals surface area contributed by atoms with Gasteiger partial charge in [-0.05, 0) is 62.1 Å². The van der Waals surface area contributed by atoms with Gasteiger partial charge in [-0.1, -0.05) is 0 Å². The van der Waals surface area contributed by atoms with Gasteiger partial charge < -0.3 is 5.32 Å². The maximum atomic E-state index is 13.4. The van der Waals surface area contributed by atoms with Crippen molar-refractivity contribution in [3.05, 3.63) is 40.8 Å². The summed E-state index contributed by atoms with van der Waals surface area (Å²) in [6.45, 7) is 0.783. The average Bonchev–Trinajstić information content (AvgIpc) is 2.39. The SMILES string of the molecule is CNCc1c2c(nc3ccc(F)cc13)CCCC2. The van der Waals surface area contributed by atoms with E-state index in [0.29, 0.717) is 0 Å². The summed E-state index contributed by atoms with van der Waals surface area (Å²) in [7, 11) is 1.93. The van der Waals surface area contributed by atoms with E-state index in [1.165, 1.54) is 35.7 Å². The van der Waals surface area contributed by atoms with Crippen LogP contribution < -0.4 is 5.32 Å². The average molecular weight is 244 g/mol. The molecule has 0 radical (unpaired) electrons. The van der Waals surface area contributed by atoms with E-state index in [0.717, 1.165) is 30.3 Å². The minimum Gasteiger partial charge on any atom is -0.316 e. The lowest BCUT2D eigenvalue weighted by Gasteiger charge is -2.20. The van der Waals surface area contributed by atoms with Crippen LogP contribution in [0.1, 0.15) is 29.7 Å². The summed E-state index contributed by atoms with van der Waals surface area (Å²) in [6.07, 6.45) is 4.56. The number of rotatable bonds is 2. The molecule has 94 valence electrons. The largest absolute Gasteiger partial charge is 0.316 e. The van der Waals surface area contributed by atoms with Crippen molar-refractivity contribution in [2.45, 2.75) is 32.2 Å². The molecule has 0 amide bonds. The highest BCUT2D eigenvalue weighted by Gasteiger charge is 2.17. The molecule has 18 heavy (non-hydrogen) atoms. The molecule has 0 aliphatic heterocycles. The molecule has 0 fully saturated rings. The molecule has 0 spiro atoms. The molecular weight excluding hydrogens is 227 g/mol. The first-order chi connectivity index (χ1) is 8.79. The first kappa shape index (κ1) is 11.6. The minimum absolute atomic E-state index is 0.183. The summed E-state index contributed by atoms with van der Waals surface area (Å²) in [5.41, 5.74) is 4.71. The third-order valence-corrected chi connectivity index (χ3v) is 3.70. The summed E-state index contributed by atoms with van der Waals surface area (Å²) < 4.78 is 13.4. The Labute approximate surface area is 106 Å². The number of nitrogens with one attached hydrogen (secondary N) is 1. The molecule has 3 heteroatoms. The zero-order valence-corrected chi connectivity index (χ0v) is 10.6. The van der Waals surface area contributed by atoms with Gasteiger partial charge >= 0.3 is 0 Å². The molecule has 1 aromatic heterocycles. The molecule has 1 heterocycles. The van der Waals surface area contributed by atoms with Gasteiger partial charge in [-0.15, -0.1) is 0 Å². The number of aromatic nitrogens is 1. The Balaban J connectivity index is 2.30. The van der Waals surface area contributed by atoms with Crippen molar-refractivity contribution in [2.24, 2.45) is 0 Å². The van der Waals surface area contributed by atoms with Crippen molar-refractivity contribution < 1.29 is 4.39 Å². The van der Waals surface area contributed by atoms with Crippen LogP contribution in [-0.4, -0.2) is 12.0 Å². The fraction of sp³-hybridized carbons (Fsp3) is 0.400. The molecule has 0 unspecified atom stereocenters. The Kier molecular flexibility index (Phi) is 3.00. The molecule has 0 saturated carbocycles. The Morgan fingerprint density at radius 3 is 2.94 bits per heavy atom. The van der Waals surface area contributed by atoms with E-state index in [-0.39, 0.29) is 5.82 Å². The third kappa shape index (κ3) is 1.89. The van der Waals surface area contributed by atoms with Crippen molar-refractivity contribution in [3.8, 4) is 0 Å². The van der Waals surface area contributed by atoms with Crippen LogP contribution in [0, 0.1) is 5.82 Å². The summed E-state index contributed by atoms with van der Waals surface area (Å²) in [4.78, 5) is 4.71. The Morgan fingerprint density at radius 2 is 2.11 bits per heavy atom. The van der Waals surface area contributed by atoms with Crippen LogP contribution in [0.25, 0.3) is 10.9 Å². The van der Waals surface area contributed by atoms with Gasteiger partial charge in [0.15, 0.2) is 0 Å². The monoisotopic (exact) mass is 244 g/mol. The van der Waals surface area contributed by atoms with Crippen LogP contribution in [0.3, 0.4) is 0 Å². The second-order valence-electron chi connectivity index (χ2n) is 4.91. The minimum atomic E-state index is -0.183. The second kappa shape index (κ2) is 4.65. The molecule has 1 aliphatic rings. The van der Waals surface area contributed by atoms with E-state index in [1.807, 2.05) is 7.05 Å². The predicted octanol–water partition coefficient (Wildman–Crippen LogP) is 2.97. The van der Waals surface area contributed by atoms with Gasteiger partial charge in [-0.25, -0.2) is 4.39 Å². The number of nitrogens with zero attached hydrogens (tertiary/aromatic N) is 1. The van der Waals surface area contributed by atoms with Crippen LogP contribution in [0.2, 0.25) is 0 Å². The highest BCUT2D eigenvalue weighted by molar-refractivity contribution is 5.84. The number of aryl methyl sites for hydroxylation is 1. The van der Waals surface area contributed by atoms with E-state index in [9.17, 15) is 4.39 Å². The van der Waals surface area contributed by atoms with Crippen LogP contribution in [0.5, 0.6) is 0 Å². The summed E-state index contributed by atoms with van der Waals surface area (Å²) in [5.74, 6) is -0.183. The number of pyridine rings is 1. The predicted molar refractivity (Wildman–Crippen MR) is 71.1 cm³/mol. The highest BCUT2D eigenvalue weighted by atomic mass is 19.1. The Hall–Kier alpha value is -1.48. The summed E-state index contributed by atoms with van der Waals surface area (Å²) in [5, 5.41) is 4.16. The van der Waals surface area contributed by atoms with Gasteiger partial charge in [0.05, 0.1) is 5.52 Å². The van der Waals surface area contributed by atoms with Gasteiger partial charge in [0.1, 0.15) is 5.82 Å². The van der Waals surface area contributed by atoms with E-state index >= 15 is 0 Å². The Morgan fingerprint density at radius 1 is 1.28 bits per heavy atom. The van der Waals surface area contributed by atoms with Gasteiger partial charge in [-0.3, -0.25) is 4.98 Å². The lowest BCUT2D eigenvalue weighted by Crippen LogP contribution is -2.14. The lowest BCUT2D eigenvalue weighted by atomic mass is 9.90. The van der Waals surface area contributed by atoms with Gasteiger partial charge in [0, 0.05) is 17.6 Å². The standard InChI is InChI=1S/C15H17FN2/c1-17-9-13-11-4-2-3-5-14(11)18-15-7-6-10(16)8-12(13)15/h6-8,17H,2-5,9H2,1H3.